The van der Waals surface area contributed by atoms with Crippen molar-refractivity contribution in [2.45, 2.75) is 12.6 Å². The van der Waals surface area contributed by atoms with Gasteiger partial charge in [-0.05, 0) is 0 Å². The van der Waals surface area contributed by atoms with Crippen LogP contribution in [0.5, 0.6) is 0 Å². The normalized spacial score (nSPS) is 21.2. The molecule has 0 bridgehead atoms. The summed E-state index contributed by atoms with van der Waals surface area (Å²) in [6.45, 7) is 6.24. The summed E-state index contributed by atoms with van der Waals surface area (Å²) >= 11 is 0. The first-order valence-corrected chi connectivity index (χ1v) is 7.24. The van der Waals surface area contributed by atoms with E-state index >= 15 is 0 Å². The van der Waals surface area contributed by atoms with E-state index in [1.807, 2.05) is 0 Å². The SMILES string of the molecule is O=[N+]([O-])c1cccc(CN2CCN(C3CNC3)CC2)c1F. The van der Waals surface area contributed by atoms with E-state index in [2.05, 4.69) is 15.1 Å². The van der Waals surface area contributed by atoms with Gasteiger partial charge in [0.1, 0.15) is 0 Å². The van der Waals surface area contributed by atoms with Crippen LogP contribution in [0.4, 0.5) is 10.1 Å². The van der Waals surface area contributed by atoms with Crippen molar-refractivity contribution in [3.8, 4) is 0 Å². The summed E-state index contributed by atoms with van der Waals surface area (Å²) in [5.74, 6) is -0.701. The molecule has 2 fully saturated rings. The summed E-state index contributed by atoms with van der Waals surface area (Å²) in [5, 5.41) is 14.0. The van der Waals surface area contributed by atoms with E-state index in [1.54, 1.807) is 12.1 Å². The minimum atomic E-state index is -0.701. The van der Waals surface area contributed by atoms with E-state index < -0.39 is 16.4 Å². The fraction of sp³-hybridized carbons (Fsp3) is 0.571. The van der Waals surface area contributed by atoms with Gasteiger partial charge in [-0.2, -0.15) is 4.39 Å². The average molecular weight is 294 g/mol. The van der Waals surface area contributed by atoms with Crippen molar-refractivity contribution in [3.05, 3.63) is 39.7 Å². The van der Waals surface area contributed by atoms with Crippen LogP contribution in [-0.2, 0) is 6.54 Å². The topological polar surface area (TPSA) is 61.7 Å². The van der Waals surface area contributed by atoms with E-state index in [4.69, 9.17) is 0 Å². The molecule has 1 aromatic rings. The molecule has 2 heterocycles. The molecular weight excluding hydrogens is 275 g/mol. The van der Waals surface area contributed by atoms with Crippen molar-refractivity contribution in [1.82, 2.24) is 15.1 Å². The molecule has 0 saturated carbocycles. The fourth-order valence-corrected chi connectivity index (χ4v) is 2.89. The second kappa shape index (κ2) is 6.05. The monoisotopic (exact) mass is 294 g/mol. The Morgan fingerprint density at radius 2 is 2.00 bits per heavy atom. The Morgan fingerprint density at radius 1 is 1.29 bits per heavy atom. The van der Waals surface area contributed by atoms with Crippen molar-refractivity contribution in [2.75, 3.05) is 39.3 Å². The van der Waals surface area contributed by atoms with Gasteiger partial charge in [-0.1, -0.05) is 12.1 Å². The van der Waals surface area contributed by atoms with Crippen LogP contribution in [0.1, 0.15) is 5.56 Å². The molecule has 0 atom stereocenters. The Hall–Kier alpha value is -1.57. The molecule has 114 valence electrons. The molecule has 2 aliphatic rings. The molecule has 0 aromatic heterocycles. The second-order valence-electron chi connectivity index (χ2n) is 5.63. The van der Waals surface area contributed by atoms with Gasteiger partial charge in [0, 0.05) is 63.5 Å². The Kier molecular flexibility index (Phi) is 4.14. The molecule has 0 radical (unpaired) electrons. The Morgan fingerprint density at radius 3 is 2.57 bits per heavy atom. The predicted octanol–water partition coefficient (Wildman–Crippen LogP) is 0.823. The van der Waals surface area contributed by atoms with Crippen molar-refractivity contribution in [2.24, 2.45) is 0 Å². The van der Waals surface area contributed by atoms with Gasteiger partial charge >= 0.3 is 5.69 Å². The predicted molar refractivity (Wildman–Crippen MR) is 76.6 cm³/mol. The maximum absolute atomic E-state index is 14.1. The summed E-state index contributed by atoms with van der Waals surface area (Å²) in [6.07, 6.45) is 0. The number of rotatable bonds is 4. The van der Waals surface area contributed by atoms with Gasteiger partial charge in [0.25, 0.3) is 0 Å². The number of benzene rings is 1. The Labute approximate surface area is 122 Å². The molecule has 0 unspecified atom stereocenters. The molecule has 0 aliphatic carbocycles. The number of piperazine rings is 1. The average Bonchev–Trinajstić information content (AvgIpc) is 2.41. The zero-order chi connectivity index (χ0) is 14.8. The summed E-state index contributed by atoms with van der Waals surface area (Å²) in [7, 11) is 0. The summed E-state index contributed by atoms with van der Waals surface area (Å²) in [5.41, 5.74) is -0.0327. The maximum atomic E-state index is 14.1. The van der Waals surface area contributed by atoms with E-state index in [9.17, 15) is 14.5 Å². The van der Waals surface area contributed by atoms with Gasteiger partial charge in [0.2, 0.25) is 5.82 Å². The third-order valence-electron chi connectivity index (χ3n) is 4.33. The van der Waals surface area contributed by atoms with Crippen molar-refractivity contribution in [3.63, 3.8) is 0 Å². The van der Waals surface area contributed by atoms with Gasteiger partial charge in [0.15, 0.2) is 0 Å². The lowest BCUT2D eigenvalue weighted by molar-refractivity contribution is -0.387. The standard InChI is InChI=1S/C14H19FN4O2/c15-14-11(2-1-3-13(14)19(20)21)10-17-4-6-18(7-5-17)12-8-16-9-12/h1-3,12,16H,4-10H2. The molecule has 2 saturated heterocycles. The molecule has 7 heteroatoms. The minimum absolute atomic E-state index is 0.406. The largest absolute Gasteiger partial charge is 0.314 e. The van der Waals surface area contributed by atoms with Crippen LogP contribution in [0.15, 0.2) is 18.2 Å². The lowest BCUT2D eigenvalue weighted by atomic mass is 10.1. The van der Waals surface area contributed by atoms with Crippen LogP contribution in [0.3, 0.4) is 0 Å². The Balaban J connectivity index is 1.60. The van der Waals surface area contributed by atoms with E-state index in [0.29, 0.717) is 18.2 Å². The van der Waals surface area contributed by atoms with E-state index in [-0.39, 0.29) is 0 Å². The number of halogens is 1. The highest BCUT2D eigenvalue weighted by atomic mass is 19.1. The molecule has 3 rings (SSSR count). The van der Waals surface area contributed by atoms with Crippen molar-refractivity contribution < 1.29 is 9.31 Å². The Bertz CT molecular complexity index is 528. The minimum Gasteiger partial charge on any atom is -0.314 e. The van der Waals surface area contributed by atoms with E-state index in [1.165, 1.54) is 6.07 Å². The molecular formula is C14H19FN4O2. The van der Waals surface area contributed by atoms with Crippen molar-refractivity contribution in [1.29, 1.82) is 0 Å². The molecule has 1 N–H and O–H groups in total. The quantitative estimate of drug-likeness (QED) is 0.658. The van der Waals surface area contributed by atoms with Crippen LogP contribution >= 0.6 is 0 Å². The van der Waals surface area contributed by atoms with Crippen LogP contribution in [0, 0.1) is 15.9 Å². The second-order valence-corrected chi connectivity index (χ2v) is 5.63. The first kappa shape index (κ1) is 14.4. The zero-order valence-electron chi connectivity index (χ0n) is 11.8. The van der Waals surface area contributed by atoms with Crippen molar-refractivity contribution >= 4 is 5.69 Å². The molecule has 0 amide bonds. The molecule has 2 aliphatic heterocycles. The lowest BCUT2D eigenvalue weighted by Gasteiger charge is -2.43. The molecule has 21 heavy (non-hydrogen) atoms. The highest BCUT2D eigenvalue weighted by molar-refractivity contribution is 5.36. The third kappa shape index (κ3) is 3.04. The zero-order valence-corrected chi connectivity index (χ0v) is 11.8. The summed E-state index contributed by atoms with van der Waals surface area (Å²) in [4.78, 5) is 14.7. The number of hydrogen-bond acceptors (Lipinski definition) is 5. The van der Waals surface area contributed by atoms with Gasteiger partial charge in [0.05, 0.1) is 4.92 Å². The first-order valence-electron chi connectivity index (χ1n) is 7.24. The summed E-state index contributed by atoms with van der Waals surface area (Å²) in [6, 6.07) is 5.03. The first-order chi connectivity index (χ1) is 10.1. The number of nitrogens with one attached hydrogen (secondary N) is 1. The van der Waals surface area contributed by atoms with Crippen LogP contribution in [0.25, 0.3) is 0 Å². The molecule has 0 spiro atoms. The number of nitro groups is 1. The van der Waals surface area contributed by atoms with Gasteiger partial charge in [-0.3, -0.25) is 19.9 Å². The van der Waals surface area contributed by atoms with Gasteiger partial charge in [-0.15, -0.1) is 0 Å². The number of nitrogens with zero attached hydrogens (tertiary/aromatic N) is 3. The molecule has 1 aromatic carbocycles. The van der Waals surface area contributed by atoms with Crippen LogP contribution in [-0.4, -0.2) is 60.0 Å². The highest BCUT2D eigenvalue weighted by Crippen LogP contribution is 2.22. The highest BCUT2D eigenvalue weighted by Gasteiger charge is 2.28. The van der Waals surface area contributed by atoms with Crippen LogP contribution < -0.4 is 5.32 Å². The number of hydrogen-bond donors (Lipinski definition) is 1. The van der Waals surface area contributed by atoms with Gasteiger partial charge < -0.3 is 5.32 Å². The number of nitro benzene ring substituents is 1. The smallest absolute Gasteiger partial charge is 0.305 e. The van der Waals surface area contributed by atoms with E-state index in [0.717, 1.165) is 39.3 Å². The summed E-state index contributed by atoms with van der Waals surface area (Å²) < 4.78 is 14.1. The van der Waals surface area contributed by atoms with Crippen LogP contribution in [0.2, 0.25) is 0 Å². The van der Waals surface area contributed by atoms with Gasteiger partial charge in [-0.25, -0.2) is 0 Å². The maximum Gasteiger partial charge on any atom is 0.305 e. The lowest BCUT2D eigenvalue weighted by Crippen LogP contribution is -2.61. The fourth-order valence-electron chi connectivity index (χ4n) is 2.89. The third-order valence-corrected chi connectivity index (χ3v) is 4.33. The molecule has 6 nitrogen and oxygen atoms in total.